The van der Waals surface area contributed by atoms with E-state index in [1.54, 1.807) is 23.1 Å². The Morgan fingerprint density at radius 1 is 1.26 bits per heavy atom. The van der Waals surface area contributed by atoms with E-state index in [2.05, 4.69) is 36.3 Å². The molecule has 0 bridgehead atoms. The van der Waals surface area contributed by atoms with Crippen molar-refractivity contribution in [2.24, 2.45) is 0 Å². The van der Waals surface area contributed by atoms with Crippen LogP contribution in [0.4, 0.5) is 11.5 Å². The first-order valence-electron chi connectivity index (χ1n) is 6.89. The summed E-state index contributed by atoms with van der Waals surface area (Å²) in [5.74, 6) is 1.69. The Balaban J connectivity index is 1.73. The molecule has 23 heavy (non-hydrogen) atoms. The predicted molar refractivity (Wildman–Crippen MR) is 88.8 cm³/mol. The number of rotatable bonds is 6. The number of para-hydroxylation sites is 1. The second-order valence-electron chi connectivity index (χ2n) is 4.61. The fraction of sp³-hybridized carbons (Fsp3) is 0.133. The first kappa shape index (κ1) is 15.4. The number of hydrogen-bond acceptors (Lipinski definition) is 6. The van der Waals surface area contributed by atoms with Gasteiger partial charge in [0.15, 0.2) is 0 Å². The molecule has 2 heterocycles. The summed E-state index contributed by atoms with van der Waals surface area (Å²) in [6, 6.07) is 9.23. The molecule has 0 atom stereocenters. The lowest BCUT2D eigenvalue weighted by Gasteiger charge is -2.08. The highest BCUT2D eigenvalue weighted by Gasteiger charge is 2.06. The van der Waals surface area contributed by atoms with Crippen LogP contribution in [0, 0.1) is 0 Å². The number of aromatic nitrogens is 4. The average molecular weight is 376 g/mol. The van der Waals surface area contributed by atoms with Crippen molar-refractivity contribution in [3.63, 3.8) is 0 Å². The van der Waals surface area contributed by atoms with Crippen LogP contribution >= 0.6 is 15.9 Å². The molecule has 8 heteroatoms. The zero-order valence-corrected chi connectivity index (χ0v) is 13.6. The highest BCUT2D eigenvalue weighted by atomic mass is 79.9. The van der Waals surface area contributed by atoms with Gasteiger partial charge in [-0.05, 0) is 28.1 Å². The van der Waals surface area contributed by atoms with E-state index in [1.807, 2.05) is 24.3 Å². The standard InChI is InChI=1S/C15H14BrN5O2/c16-12-3-1-2-4-13(12)23-15-7-14(17-10-18-15)20-11-8-19-21(9-11)5-6-22/h1-4,7-10,22H,5-6H2,(H,17,18,20). The Morgan fingerprint density at radius 3 is 2.96 bits per heavy atom. The predicted octanol–water partition coefficient (Wildman–Crippen LogP) is 2.96. The lowest BCUT2D eigenvalue weighted by molar-refractivity contribution is 0.269. The van der Waals surface area contributed by atoms with Gasteiger partial charge in [-0.25, -0.2) is 9.97 Å². The summed E-state index contributed by atoms with van der Waals surface area (Å²) in [6.45, 7) is 0.487. The van der Waals surface area contributed by atoms with Crippen LogP contribution in [0.5, 0.6) is 11.6 Å². The van der Waals surface area contributed by atoms with E-state index in [0.717, 1.165) is 10.2 Å². The SMILES string of the molecule is OCCn1cc(Nc2cc(Oc3ccccc3Br)ncn2)cn1. The Bertz CT molecular complexity index is 793. The largest absolute Gasteiger partial charge is 0.438 e. The van der Waals surface area contributed by atoms with Crippen LogP contribution in [0.1, 0.15) is 0 Å². The van der Waals surface area contributed by atoms with Crippen molar-refractivity contribution >= 4 is 27.4 Å². The fourth-order valence-electron chi connectivity index (χ4n) is 1.90. The minimum Gasteiger partial charge on any atom is -0.438 e. The lowest BCUT2D eigenvalue weighted by atomic mass is 10.3. The van der Waals surface area contributed by atoms with Gasteiger partial charge in [-0.2, -0.15) is 5.10 Å². The van der Waals surface area contributed by atoms with Gasteiger partial charge >= 0.3 is 0 Å². The van der Waals surface area contributed by atoms with Crippen molar-refractivity contribution in [1.29, 1.82) is 0 Å². The first-order chi connectivity index (χ1) is 11.2. The summed E-state index contributed by atoms with van der Waals surface area (Å²) >= 11 is 3.43. The average Bonchev–Trinajstić information content (AvgIpc) is 2.98. The number of halogens is 1. The number of ether oxygens (including phenoxy) is 1. The van der Waals surface area contributed by atoms with Gasteiger partial charge in [-0.3, -0.25) is 4.68 Å². The van der Waals surface area contributed by atoms with Gasteiger partial charge in [-0.15, -0.1) is 0 Å². The molecule has 0 radical (unpaired) electrons. The lowest BCUT2D eigenvalue weighted by Crippen LogP contribution is -2.01. The minimum absolute atomic E-state index is 0.0402. The van der Waals surface area contributed by atoms with Crippen LogP contribution in [-0.4, -0.2) is 31.5 Å². The monoisotopic (exact) mass is 375 g/mol. The summed E-state index contributed by atoms with van der Waals surface area (Å²) in [7, 11) is 0. The van der Waals surface area contributed by atoms with Gasteiger partial charge in [0.25, 0.3) is 0 Å². The molecule has 0 spiro atoms. The molecule has 118 valence electrons. The van der Waals surface area contributed by atoms with Crippen LogP contribution in [0.15, 0.2) is 53.5 Å². The molecule has 0 aliphatic carbocycles. The molecule has 7 nitrogen and oxygen atoms in total. The maximum Gasteiger partial charge on any atom is 0.224 e. The molecule has 0 aliphatic heterocycles. The number of nitrogens with zero attached hydrogens (tertiary/aromatic N) is 4. The number of aliphatic hydroxyl groups is 1. The van der Waals surface area contributed by atoms with E-state index < -0.39 is 0 Å². The molecule has 3 rings (SSSR count). The Kier molecular flexibility index (Phi) is 4.84. The third-order valence-corrected chi connectivity index (χ3v) is 3.58. The molecule has 0 unspecified atom stereocenters. The molecular formula is C15H14BrN5O2. The molecule has 0 aliphatic rings. The highest BCUT2D eigenvalue weighted by molar-refractivity contribution is 9.10. The van der Waals surface area contributed by atoms with E-state index >= 15 is 0 Å². The maximum absolute atomic E-state index is 8.90. The third kappa shape index (κ3) is 4.05. The first-order valence-corrected chi connectivity index (χ1v) is 7.68. The van der Waals surface area contributed by atoms with Crippen molar-refractivity contribution in [3.8, 4) is 11.6 Å². The second-order valence-corrected chi connectivity index (χ2v) is 5.47. The van der Waals surface area contributed by atoms with Crippen LogP contribution in [0.3, 0.4) is 0 Å². The van der Waals surface area contributed by atoms with Crippen LogP contribution in [0.25, 0.3) is 0 Å². The third-order valence-electron chi connectivity index (χ3n) is 2.93. The van der Waals surface area contributed by atoms with Crippen molar-refractivity contribution in [2.75, 3.05) is 11.9 Å². The maximum atomic E-state index is 8.90. The number of aliphatic hydroxyl groups excluding tert-OH is 1. The number of hydrogen-bond donors (Lipinski definition) is 2. The van der Waals surface area contributed by atoms with E-state index in [4.69, 9.17) is 9.84 Å². The second kappa shape index (κ2) is 7.21. The van der Waals surface area contributed by atoms with Gasteiger partial charge in [0.2, 0.25) is 5.88 Å². The van der Waals surface area contributed by atoms with E-state index in [0.29, 0.717) is 24.0 Å². The van der Waals surface area contributed by atoms with Gasteiger partial charge < -0.3 is 15.2 Å². The topological polar surface area (TPSA) is 85.1 Å². The molecule has 0 fully saturated rings. The summed E-state index contributed by atoms with van der Waals surface area (Å²) in [5.41, 5.74) is 0.768. The van der Waals surface area contributed by atoms with Crippen molar-refractivity contribution in [2.45, 2.75) is 6.54 Å². The van der Waals surface area contributed by atoms with E-state index in [1.165, 1.54) is 6.33 Å². The number of benzene rings is 1. The number of nitrogens with one attached hydrogen (secondary N) is 1. The van der Waals surface area contributed by atoms with Crippen LogP contribution < -0.4 is 10.1 Å². The van der Waals surface area contributed by atoms with E-state index in [9.17, 15) is 0 Å². The molecule has 2 aromatic heterocycles. The fourth-order valence-corrected chi connectivity index (χ4v) is 2.27. The Hall–Kier alpha value is -2.45. The summed E-state index contributed by atoms with van der Waals surface area (Å²) in [4.78, 5) is 8.26. The quantitative estimate of drug-likeness (QED) is 0.688. The Morgan fingerprint density at radius 2 is 2.13 bits per heavy atom. The van der Waals surface area contributed by atoms with Crippen LogP contribution in [0.2, 0.25) is 0 Å². The normalized spacial score (nSPS) is 10.5. The molecular weight excluding hydrogens is 362 g/mol. The van der Waals surface area contributed by atoms with Gasteiger partial charge in [0.1, 0.15) is 17.9 Å². The van der Waals surface area contributed by atoms with Gasteiger partial charge in [0.05, 0.1) is 29.5 Å². The summed E-state index contributed by atoms with van der Waals surface area (Å²) in [6.07, 6.45) is 4.87. The van der Waals surface area contributed by atoms with Crippen molar-refractivity contribution < 1.29 is 9.84 Å². The van der Waals surface area contributed by atoms with Gasteiger partial charge in [0, 0.05) is 12.3 Å². The molecule has 3 aromatic rings. The van der Waals surface area contributed by atoms with Crippen LogP contribution in [-0.2, 0) is 6.54 Å². The zero-order chi connectivity index (χ0) is 16.1. The summed E-state index contributed by atoms with van der Waals surface area (Å²) in [5, 5.41) is 16.1. The molecule has 0 amide bonds. The van der Waals surface area contributed by atoms with Crippen molar-refractivity contribution in [1.82, 2.24) is 19.7 Å². The zero-order valence-electron chi connectivity index (χ0n) is 12.1. The molecule has 0 saturated heterocycles. The van der Waals surface area contributed by atoms with Gasteiger partial charge in [-0.1, -0.05) is 12.1 Å². The minimum atomic E-state index is 0.0402. The smallest absolute Gasteiger partial charge is 0.224 e. The number of anilines is 2. The highest BCUT2D eigenvalue weighted by Crippen LogP contribution is 2.29. The Labute approximate surface area is 141 Å². The summed E-state index contributed by atoms with van der Waals surface area (Å²) < 4.78 is 8.23. The molecule has 1 aromatic carbocycles. The van der Waals surface area contributed by atoms with Crippen molar-refractivity contribution in [3.05, 3.63) is 53.5 Å². The van der Waals surface area contributed by atoms with E-state index in [-0.39, 0.29) is 6.61 Å². The molecule has 0 saturated carbocycles. The molecule has 2 N–H and O–H groups in total.